The second-order valence-electron chi connectivity index (χ2n) is 7.68. The molecule has 3 rings (SSSR count). The summed E-state index contributed by atoms with van der Waals surface area (Å²) in [5, 5.41) is 3.07. The number of rotatable bonds is 8. The zero-order valence-corrected chi connectivity index (χ0v) is 16.2. The molecule has 167 valence electrons. The number of hydrogen-bond donors (Lipinski definition) is 2. The quantitative estimate of drug-likeness (QED) is 0.599. The molecule has 0 bridgehead atoms. The van der Waals surface area contributed by atoms with Crippen LogP contribution in [0, 0.1) is 6.10 Å². The minimum atomic E-state index is -4.81. The van der Waals surface area contributed by atoms with Crippen molar-refractivity contribution in [3.05, 3.63) is 12.4 Å². The molecule has 0 aromatic carbocycles. The predicted octanol–water partition coefficient (Wildman–Crippen LogP) is 4.21. The summed E-state index contributed by atoms with van der Waals surface area (Å²) in [6, 6.07) is 0.0210. The maximum atomic E-state index is 12.7. The molecule has 30 heavy (non-hydrogen) atoms. The van der Waals surface area contributed by atoms with Gasteiger partial charge in [0.15, 0.2) is 17.0 Å². The minimum absolute atomic E-state index is 0.0136. The number of nitrogens with zero attached hydrogens (tertiary/aromatic N) is 4. The molecule has 0 unspecified atom stereocenters. The van der Waals surface area contributed by atoms with Gasteiger partial charge < -0.3 is 20.4 Å². The first-order chi connectivity index (χ1) is 13.8. The molecule has 2 heterocycles. The van der Waals surface area contributed by atoms with Gasteiger partial charge in [0.25, 0.3) is 0 Å². The Morgan fingerprint density at radius 2 is 1.77 bits per heavy atom. The van der Waals surface area contributed by atoms with Crippen molar-refractivity contribution in [1.82, 2.24) is 19.5 Å². The third-order valence-electron chi connectivity index (χ3n) is 4.33. The fourth-order valence-corrected chi connectivity index (χ4v) is 3.08. The minimum Gasteiger partial charge on any atom is -0.368 e. The van der Waals surface area contributed by atoms with E-state index in [9.17, 15) is 26.3 Å². The highest BCUT2D eigenvalue weighted by molar-refractivity contribution is 5.84. The Morgan fingerprint density at radius 3 is 2.27 bits per heavy atom. The third-order valence-corrected chi connectivity index (χ3v) is 4.33. The molecular weight excluding hydrogens is 418 g/mol. The van der Waals surface area contributed by atoms with Crippen LogP contribution >= 0.6 is 0 Å². The van der Waals surface area contributed by atoms with E-state index in [4.69, 9.17) is 10.5 Å². The van der Waals surface area contributed by atoms with Gasteiger partial charge in [-0.3, -0.25) is 0 Å². The van der Waals surface area contributed by atoms with Gasteiger partial charge in [-0.05, 0) is 26.7 Å². The SMILES string of the molecule is CC(C)Nc1nc(N)nc2c1ncn2CC1(O[C](CC(F)(F)F)CC(F)(F)F)CC1. The van der Waals surface area contributed by atoms with Gasteiger partial charge in [0.1, 0.15) is 6.10 Å². The Kier molecular flexibility index (Phi) is 5.78. The van der Waals surface area contributed by atoms with Crippen molar-refractivity contribution >= 4 is 22.9 Å². The van der Waals surface area contributed by atoms with Crippen molar-refractivity contribution in [2.24, 2.45) is 0 Å². The van der Waals surface area contributed by atoms with Crippen LogP contribution in [-0.2, 0) is 11.3 Å². The molecule has 0 aliphatic heterocycles. The summed E-state index contributed by atoms with van der Waals surface area (Å²) in [6.45, 7) is 3.75. The zero-order chi connectivity index (χ0) is 22.3. The second-order valence-corrected chi connectivity index (χ2v) is 7.68. The lowest BCUT2D eigenvalue weighted by Crippen LogP contribution is -2.29. The second kappa shape index (κ2) is 7.75. The van der Waals surface area contributed by atoms with Gasteiger partial charge in [-0.2, -0.15) is 36.3 Å². The van der Waals surface area contributed by atoms with Crippen LogP contribution in [-0.4, -0.2) is 43.5 Å². The third kappa shape index (κ3) is 5.86. The van der Waals surface area contributed by atoms with Gasteiger partial charge >= 0.3 is 12.4 Å². The lowest BCUT2D eigenvalue weighted by Gasteiger charge is -2.26. The summed E-state index contributed by atoms with van der Waals surface area (Å²) in [4.78, 5) is 12.4. The molecule has 0 saturated heterocycles. The summed E-state index contributed by atoms with van der Waals surface area (Å²) in [7, 11) is 0. The lowest BCUT2D eigenvalue weighted by atomic mass is 10.1. The highest BCUT2D eigenvalue weighted by Gasteiger charge is 2.50. The molecule has 1 aliphatic carbocycles. The molecule has 1 radical (unpaired) electrons. The van der Waals surface area contributed by atoms with E-state index in [1.165, 1.54) is 10.9 Å². The van der Waals surface area contributed by atoms with Gasteiger partial charge in [0, 0.05) is 6.04 Å². The molecule has 3 N–H and O–H groups in total. The number of anilines is 2. The standard InChI is InChI=1S/C17H21F6N6O/c1-9(2)26-12-11-13(28-14(24)27-12)29(8-25-11)7-15(3-4-15)30-10(5-16(18,19)20)6-17(21,22)23/h8-9H,3-7H2,1-2H3,(H3,24,26,27,28). The van der Waals surface area contributed by atoms with Crippen LogP contribution in [0.15, 0.2) is 6.33 Å². The highest BCUT2D eigenvalue weighted by Crippen LogP contribution is 2.47. The van der Waals surface area contributed by atoms with Crippen LogP contribution in [0.5, 0.6) is 0 Å². The zero-order valence-electron chi connectivity index (χ0n) is 16.2. The summed E-state index contributed by atoms with van der Waals surface area (Å²) in [6.07, 6.45) is -12.2. The van der Waals surface area contributed by atoms with Gasteiger partial charge in [-0.25, -0.2) is 4.98 Å². The van der Waals surface area contributed by atoms with E-state index in [2.05, 4.69) is 20.3 Å². The molecule has 0 spiro atoms. The maximum absolute atomic E-state index is 12.7. The summed E-state index contributed by atoms with van der Waals surface area (Å²) >= 11 is 0. The Balaban J connectivity index is 1.82. The molecule has 7 nitrogen and oxygen atoms in total. The van der Waals surface area contributed by atoms with Crippen molar-refractivity contribution in [2.45, 2.75) is 70.1 Å². The van der Waals surface area contributed by atoms with E-state index >= 15 is 0 Å². The van der Waals surface area contributed by atoms with E-state index in [1.54, 1.807) is 0 Å². The number of imidazole rings is 1. The molecular formula is C17H21F6N6O. The van der Waals surface area contributed by atoms with Crippen molar-refractivity contribution in [3.8, 4) is 0 Å². The van der Waals surface area contributed by atoms with Crippen LogP contribution in [0.1, 0.15) is 39.5 Å². The summed E-state index contributed by atoms with van der Waals surface area (Å²) in [5.74, 6) is 0.345. The fraction of sp³-hybridized carbons (Fsp3) is 0.647. The van der Waals surface area contributed by atoms with E-state index in [1.807, 2.05) is 13.8 Å². The van der Waals surface area contributed by atoms with Crippen LogP contribution < -0.4 is 11.1 Å². The summed E-state index contributed by atoms with van der Waals surface area (Å²) < 4.78 is 83.2. The van der Waals surface area contributed by atoms with E-state index < -0.39 is 36.9 Å². The van der Waals surface area contributed by atoms with Gasteiger partial charge in [-0.15, -0.1) is 0 Å². The number of hydrogen-bond acceptors (Lipinski definition) is 6. The lowest BCUT2D eigenvalue weighted by molar-refractivity contribution is -0.177. The first-order valence-corrected chi connectivity index (χ1v) is 9.17. The number of nitrogen functional groups attached to an aromatic ring is 1. The van der Waals surface area contributed by atoms with E-state index in [0.717, 1.165) is 0 Å². The summed E-state index contributed by atoms with van der Waals surface area (Å²) in [5.41, 5.74) is 5.27. The molecule has 2 aromatic heterocycles. The first-order valence-electron chi connectivity index (χ1n) is 9.17. The fourth-order valence-electron chi connectivity index (χ4n) is 3.08. The number of nitrogens with two attached hydrogens (primary N) is 1. The Hall–Kier alpha value is -2.31. The predicted molar refractivity (Wildman–Crippen MR) is 96.1 cm³/mol. The Morgan fingerprint density at radius 1 is 1.17 bits per heavy atom. The molecule has 0 atom stereocenters. The van der Waals surface area contributed by atoms with Gasteiger partial charge in [-0.1, -0.05) is 0 Å². The molecule has 2 aromatic rings. The average Bonchev–Trinajstić information content (AvgIpc) is 3.15. The Bertz CT molecular complexity index is 873. The largest absolute Gasteiger partial charge is 0.391 e. The molecule has 1 aliphatic rings. The molecule has 13 heteroatoms. The Labute approximate surface area is 168 Å². The van der Waals surface area contributed by atoms with E-state index in [-0.39, 0.29) is 18.5 Å². The topological polar surface area (TPSA) is 90.9 Å². The first kappa shape index (κ1) is 22.4. The van der Waals surface area contributed by atoms with Crippen molar-refractivity contribution in [3.63, 3.8) is 0 Å². The van der Waals surface area contributed by atoms with Crippen molar-refractivity contribution < 1.29 is 31.1 Å². The van der Waals surface area contributed by atoms with Crippen LogP contribution in [0.4, 0.5) is 38.1 Å². The van der Waals surface area contributed by atoms with Crippen LogP contribution in [0.3, 0.4) is 0 Å². The van der Waals surface area contributed by atoms with Crippen LogP contribution in [0.2, 0.25) is 0 Å². The maximum Gasteiger partial charge on any atom is 0.391 e. The number of halogens is 6. The number of aromatic nitrogens is 4. The van der Waals surface area contributed by atoms with Gasteiger partial charge in [0.2, 0.25) is 5.95 Å². The smallest absolute Gasteiger partial charge is 0.368 e. The monoisotopic (exact) mass is 439 g/mol. The van der Waals surface area contributed by atoms with Gasteiger partial charge in [0.05, 0.1) is 31.3 Å². The molecule has 1 saturated carbocycles. The average molecular weight is 439 g/mol. The number of nitrogens with one attached hydrogen (secondary N) is 1. The molecule has 1 fully saturated rings. The van der Waals surface area contributed by atoms with Crippen LogP contribution in [0.25, 0.3) is 11.2 Å². The highest BCUT2D eigenvalue weighted by atomic mass is 19.4. The van der Waals surface area contributed by atoms with Crippen molar-refractivity contribution in [1.29, 1.82) is 0 Å². The van der Waals surface area contributed by atoms with Crippen molar-refractivity contribution in [2.75, 3.05) is 11.1 Å². The molecule has 0 amide bonds. The number of fused-ring (bicyclic) bond motifs is 1. The normalized spacial score (nSPS) is 16.6. The number of alkyl halides is 6. The number of ether oxygens (including phenoxy) is 1. The van der Waals surface area contributed by atoms with E-state index in [0.29, 0.717) is 29.8 Å².